The molecule has 2 aromatic rings. The number of ether oxygens (including phenoxy) is 2. The van der Waals surface area contributed by atoms with Crippen molar-refractivity contribution in [3.8, 4) is 17.0 Å². The summed E-state index contributed by atoms with van der Waals surface area (Å²) >= 11 is 0. The van der Waals surface area contributed by atoms with Crippen LogP contribution in [0.4, 0.5) is 4.79 Å². The summed E-state index contributed by atoms with van der Waals surface area (Å²) in [6.07, 6.45) is 6.36. The maximum Gasteiger partial charge on any atom is 0.410 e. The van der Waals surface area contributed by atoms with Crippen LogP contribution in [0.15, 0.2) is 16.9 Å². The normalized spacial score (nSPS) is 20.5. The van der Waals surface area contributed by atoms with Gasteiger partial charge >= 0.3 is 12.1 Å². The first-order chi connectivity index (χ1) is 16.7. The minimum Gasteiger partial charge on any atom is -0.489 e. The van der Waals surface area contributed by atoms with Gasteiger partial charge in [-0.3, -0.25) is 19.4 Å². The van der Waals surface area contributed by atoms with E-state index in [0.717, 1.165) is 38.5 Å². The number of aryl methyl sites for hydroxylation is 2. The van der Waals surface area contributed by atoms with E-state index in [1.165, 1.54) is 0 Å². The van der Waals surface area contributed by atoms with Gasteiger partial charge in [0.05, 0.1) is 34.7 Å². The number of amides is 1. The Hall–Kier alpha value is -3.30. The van der Waals surface area contributed by atoms with Crippen LogP contribution in [-0.4, -0.2) is 56.0 Å². The van der Waals surface area contributed by atoms with E-state index < -0.39 is 12.1 Å². The highest BCUT2D eigenvalue weighted by Gasteiger charge is 2.29. The van der Waals surface area contributed by atoms with Gasteiger partial charge in [-0.25, -0.2) is 9.78 Å². The maximum absolute atomic E-state index is 12.7. The zero-order chi connectivity index (χ0) is 25.1. The minimum absolute atomic E-state index is 0.0574. The van der Waals surface area contributed by atoms with Crippen molar-refractivity contribution in [2.24, 2.45) is 13.0 Å². The second-order valence-corrected chi connectivity index (χ2v) is 9.65. The number of H-pyrrole nitrogens is 1. The lowest BCUT2D eigenvalue weighted by Crippen LogP contribution is -2.35. The quantitative estimate of drug-likeness (QED) is 0.612. The monoisotopic (exact) mass is 486 g/mol. The van der Waals surface area contributed by atoms with Crippen LogP contribution in [-0.2, 0) is 23.2 Å². The van der Waals surface area contributed by atoms with E-state index in [1.807, 2.05) is 0 Å². The van der Waals surface area contributed by atoms with Gasteiger partial charge in [0.25, 0.3) is 5.56 Å². The smallest absolute Gasteiger partial charge is 0.410 e. The van der Waals surface area contributed by atoms with Gasteiger partial charge in [-0.1, -0.05) is 12.8 Å². The predicted molar refractivity (Wildman–Crippen MR) is 128 cm³/mol. The lowest BCUT2D eigenvalue weighted by Gasteiger charge is -2.27. The van der Waals surface area contributed by atoms with Crippen molar-refractivity contribution in [2.45, 2.75) is 77.0 Å². The van der Waals surface area contributed by atoms with E-state index in [-0.39, 0.29) is 30.2 Å². The summed E-state index contributed by atoms with van der Waals surface area (Å²) in [6.45, 7) is 1.74. The number of pyridine rings is 1. The van der Waals surface area contributed by atoms with E-state index in [2.05, 4.69) is 10.1 Å². The number of aromatic amines is 1. The average molecular weight is 487 g/mol. The number of rotatable bonds is 7. The molecule has 1 amide bonds. The number of nitrogens with zero attached hydrogens (tertiary/aromatic N) is 3. The highest BCUT2D eigenvalue weighted by molar-refractivity contribution is 5.70. The summed E-state index contributed by atoms with van der Waals surface area (Å²) in [5, 5.41) is 12.0. The first kappa shape index (κ1) is 24.8. The predicted octanol–water partition coefficient (Wildman–Crippen LogP) is 3.62. The number of carboxylic acids is 1. The molecule has 10 heteroatoms. The summed E-state index contributed by atoms with van der Waals surface area (Å²) in [6, 6.07) is 3.67. The van der Waals surface area contributed by atoms with Gasteiger partial charge in [-0.2, -0.15) is 0 Å². The molecule has 190 valence electrons. The summed E-state index contributed by atoms with van der Waals surface area (Å²) in [5.41, 5.74) is 1.62. The van der Waals surface area contributed by atoms with Crippen LogP contribution in [0.5, 0.6) is 5.75 Å². The Bertz CT molecular complexity index is 1130. The summed E-state index contributed by atoms with van der Waals surface area (Å²) < 4.78 is 13.2. The highest BCUT2D eigenvalue weighted by Crippen LogP contribution is 2.30. The van der Waals surface area contributed by atoms with Gasteiger partial charge in [-0.05, 0) is 57.6 Å². The molecule has 0 aliphatic heterocycles. The fourth-order valence-electron chi connectivity index (χ4n) is 5.15. The Labute approximate surface area is 204 Å². The van der Waals surface area contributed by atoms with Crippen molar-refractivity contribution in [3.63, 3.8) is 0 Å². The molecule has 2 saturated carbocycles. The third-order valence-electron chi connectivity index (χ3n) is 7.24. The van der Waals surface area contributed by atoms with Crippen LogP contribution in [0.3, 0.4) is 0 Å². The molecule has 0 aromatic carbocycles. The molecule has 35 heavy (non-hydrogen) atoms. The Morgan fingerprint density at radius 1 is 1.20 bits per heavy atom. The molecule has 0 unspecified atom stereocenters. The Balaban J connectivity index is 1.48. The van der Waals surface area contributed by atoms with Crippen molar-refractivity contribution in [2.75, 3.05) is 7.05 Å². The number of hydrogen-bond donors (Lipinski definition) is 2. The second-order valence-electron chi connectivity index (χ2n) is 9.65. The zero-order valence-corrected chi connectivity index (χ0v) is 20.6. The molecule has 2 heterocycles. The van der Waals surface area contributed by atoms with Gasteiger partial charge in [0, 0.05) is 20.1 Å². The molecular weight excluding hydrogens is 452 g/mol. The highest BCUT2D eigenvalue weighted by atomic mass is 16.6. The summed E-state index contributed by atoms with van der Waals surface area (Å²) in [7, 11) is 3.45. The van der Waals surface area contributed by atoms with Gasteiger partial charge in [0.2, 0.25) is 0 Å². The molecular formula is C25H34N4O6. The number of aromatic nitrogens is 3. The van der Waals surface area contributed by atoms with Crippen molar-refractivity contribution < 1.29 is 24.2 Å². The molecule has 2 N–H and O–H groups in total. The van der Waals surface area contributed by atoms with Crippen LogP contribution in [0.2, 0.25) is 0 Å². The van der Waals surface area contributed by atoms with Gasteiger partial charge in [0.15, 0.2) is 0 Å². The van der Waals surface area contributed by atoms with Crippen molar-refractivity contribution in [3.05, 3.63) is 33.9 Å². The van der Waals surface area contributed by atoms with E-state index in [0.29, 0.717) is 41.2 Å². The van der Waals surface area contributed by atoms with Crippen LogP contribution in [0, 0.1) is 12.8 Å². The molecule has 2 fully saturated rings. The fraction of sp³-hybridized carbons (Fsp3) is 0.600. The molecule has 2 aromatic heterocycles. The van der Waals surface area contributed by atoms with Gasteiger partial charge < -0.3 is 19.5 Å². The standard InChI is InChI=1S/C25H34N4O6/c1-15-21(35-18-10-6-7-16(13-18)24(31)32)12-11-19(26-15)22-20(29(3)27-23(22)30)14-34-25(33)28(2)17-8-4-5-9-17/h11-12,16-18H,4-10,13-14H2,1-3H3,(H,27,30)(H,31,32)/t16-,18-/m0/s1. The van der Waals surface area contributed by atoms with Crippen molar-refractivity contribution in [1.29, 1.82) is 0 Å². The Morgan fingerprint density at radius 2 is 1.94 bits per heavy atom. The fourth-order valence-corrected chi connectivity index (χ4v) is 5.15. The molecule has 0 spiro atoms. The van der Waals surface area contributed by atoms with Crippen LogP contribution in [0.1, 0.15) is 62.8 Å². The lowest BCUT2D eigenvalue weighted by atomic mass is 9.87. The lowest BCUT2D eigenvalue weighted by molar-refractivity contribution is -0.143. The third-order valence-corrected chi connectivity index (χ3v) is 7.24. The van der Waals surface area contributed by atoms with E-state index in [1.54, 1.807) is 42.7 Å². The molecule has 2 aliphatic carbocycles. The molecule has 0 radical (unpaired) electrons. The van der Waals surface area contributed by atoms with Crippen LogP contribution in [0.25, 0.3) is 11.3 Å². The molecule has 4 rings (SSSR count). The van der Waals surface area contributed by atoms with Crippen molar-refractivity contribution in [1.82, 2.24) is 19.7 Å². The Kier molecular flexibility index (Phi) is 7.47. The number of carbonyl (C=O) groups excluding carboxylic acids is 1. The number of hydrogen-bond acceptors (Lipinski definition) is 6. The number of carboxylic acid groups (broad SMARTS) is 1. The Morgan fingerprint density at radius 3 is 2.63 bits per heavy atom. The van der Waals surface area contributed by atoms with E-state index in [4.69, 9.17) is 9.47 Å². The third kappa shape index (κ3) is 5.52. The largest absolute Gasteiger partial charge is 0.489 e. The van der Waals surface area contributed by atoms with Crippen LogP contribution < -0.4 is 10.3 Å². The topological polar surface area (TPSA) is 127 Å². The zero-order valence-electron chi connectivity index (χ0n) is 20.6. The van der Waals surface area contributed by atoms with Gasteiger partial charge in [0.1, 0.15) is 12.4 Å². The molecule has 2 aliphatic rings. The SMILES string of the molecule is Cc1nc(-c2c(COC(=O)N(C)C3CCCC3)n(C)[nH]c2=O)ccc1O[C@H]1CCC[C@H](C(=O)O)C1. The number of nitrogens with one attached hydrogen (secondary N) is 1. The molecule has 0 saturated heterocycles. The maximum atomic E-state index is 12.7. The molecule has 0 bridgehead atoms. The summed E-state index contributed by atoms with van der Waals surface area (Å²) in [5.74, 6) is -0.597. The second kappa shape index (κ2) is 10.5. The number of aliphatic carboxylic acids is 1. The van der Waals surface area contributed by atoms with Crippen LogP contribution >= 0.6 is 0 Å². The average Bonchev–Trinajstić information content (AvgIpc) is 3.46. The van der Waals surface area contributed by atoms with Gasteiger partial charge in [-0.15, -0.1) is 0 Å². The van der Waals surface area contributed by atoms with Crippen molar-refractivity contribution >= 4 is 12.1 Å². The van der Waals surface area contributed by atoms with E-state index >= 15 is 0 Å². The first-order valence-electron chi connectivity index (χ1n) is 12.3. The number of carbonyl (C=O) groups is 2. The minimum atomic E-state index is -0.783. The van der Waals surface area contributed by atoms with E-state index in [9.17, 15) is 19.5 Å². The summed E-state index contributed by atoms with van der Waals surface area (Å²) in [4.78, 5) is 42.9. The molecule has 10 nitrogen and oxygen atoms in total. The first-order valence-corrected chi connectivity index (χ1v) is 12.3. The molecule has 2 atom stereocenters.